The quantitative estimate of drug-likeness (QED) is 0.138. The summed E-state index contributed by atoms with van der Waals surface area (Å²) in [5, 5.41) is 17.1. The van der Waals surface area contributed by atoms with Gasteiger partial charge < -0.3 is 29.7 Å². The van der Waals surface area contributed by atoms with E-state index in [-0.39, 0.29) is 18.6 Å². The van der Waals surface area contributed by atoms with Gasteiger partial charge in [-0.1, -0.05) is 41.9 Å². The highest BCUT2D eigenvalue weighted by molar-refractivity contribution is 6.32. The second kappa shape index (κ2) is 14.6. The largest absolute Gasteiger partial charge is 0.489 e. The van der Waals surface area contributed by atoms with Crippen molar-refractivity contribution in [2.24, 2.45) is 0 Å². The van der Waals surface area contributed by atoms with E-state index in [9.17, 15) is 10.1 Å². The van der Waals surface area contributed by atoms with Gasteiger partial charge in [0.1, 0.15) is 30.3 Å². The smallest absolute Gasteiger partial charge is 0.248 e. The predicted octanol–water partition coefficient (Wildman–Crippen LogP) is 6.86. The molecule has 1 aliphatic rings. The number of fused-ring (bicyclic) bond motifs is 1. The van der Waals surface area contributed by atoms with Crippen molar-refractivity contribution in [3.8, 4) is 17.6 Å². The molecule has 0 radical (unpaired) electrons. The Balaban J connectivity index is 1.45. The maximum atomic E-state index is 12.8. The topological polar surface area (TPSA) is 113 Å². The minimum absolute atomic E-state index is 0.156. The SMILES string of the molecule is [C-]#[N+]c1ccccc1COc1ccc(Nc2c(C#N)cnc3cc(O[C@H]4CCOC4)c(NC(=O)/C=C/CN(C)C)cc23)cc1Cl. The van der Waals surface area contributed by atoms with Crippen LogP contribution in [0.3, 0.4) is 0 Å². The first-order valence-electron chi connectivity index (χ1n) is 14.2. The van der Waals surface area contributed by atoms with E-state index in [1.165, 1.54) is 12.3 Å². The van der Waals surface area contributed by atoms with E-state index < -0.39 is 0 Å². The first kappa shape index (κ1) is 31.3. The zero-order valence-corrected chi connectivity index (χ0v) is 25.6. The molecule has 3 aromatic carbocycles. The van der Waals surface area contributed by atoms with Crippen LogP contribution in [0.4, 0.5) is 22.7 Å². The monoisotopic (exact) mass is 622 g/mol. The fourth-order valence-corrected chi connectivity index (χ4v) is 4.94. The molecule has 0 bridgehead atoms. The molecule has 2 heterocycles. The van der Waals surface area contributed by atoms with Gasteiger partial charge in [-0.3, -0.25) is 9.78 Å². The summed E-state index contributed by atoms with van der Waals surface area (Å²) in [6.45, 7) is 9.21. The number of ether oxygens (including phenoxy) is 3. The van der Waals surface area contributed by atoms with E-state index in [1.54, 1.807) is 48.5 Å². The highest BCUT2D eigenvalue weighted by Crippen LogP contribution is 2.38. The van der Waals surface area contributed by atoms with Crippen LogP contribution in [0.1, 0.15) is 17.5 Å². The summed E-state index contributed by atoms with van der Waals surface area (Å²) in [4.78, 5) is 22.8. The first-order chi connectivity index (χ1) is 21.8. The number of pyridine rings is 1. The zero-order valence-electron chi connectivity index (χ0n) is 24.8. The molecule has 5 rings (SSSR count). The lowest BCUT2D eigenvalue weighted by Crippen LogP contribution is -2.18. The van der Waals surface area contributed by atoms with Gasteiger partial charge in [0.2, 0.25) is 5.91 Å². The van der Waals surface area contributed by atoms with Crippen LogP contribution in [-0.4, -0.2) is 55.7 Å². The molecule has 1 amide bonds. The Bertz CT molecular complexity index is 1820. The van der Waals surface area contributed by atoms with Gasteiger partial charge in [-0.15, -0.1) is 0 Å². The van der Waals surface area contributed by atoms with Crippen molar-refractivity contribution in [2.75, 3.05) is 44.5 Å². The van der Waals surface area contributed by atoms with E-state index in [0.717, 1.165) is 12.0 Å². The van der Waals surface area contributed by atoms with Crippen molar-refractivity contribution in [3.05, 3.63) is 101 Å². The van der Waals surface area contributed by atoms with Gasteiger partial charge in [-0.2, -0.15) is 5.26 Å². The number of likely N-dealkylation sites (N-methyl/N-ethyl adjacent to an activating group) is 1. The number of carbonyl (C=O) groups excluding carboxylic acids is 1. The Morgan fingerprint density at radius 1 is 1.24 bits per heavy atom. The van der Waals surface area contributed by atoms with Crippen LogP contribution in [0.25, 0.3) is 15.7 Å². The number of amides is 1. The molecule has 228 valence electrons. The number of nitriles is 1. The van der Waals surface area contributed by atoms with Crippen molar-refractivity contribution < 1.29 is 19.0 Å². The van der Waals surface area contributed by atoms with E-state index in [2.05, 4.69) is 26.5 Å². The van der Waals surface area contributed by atoms with Crippen LogP contribution >= 0.6 is 11.6 Å². The third-order valence-electron chi connectivity index (χ3n) is 6.97. The lowest BCUT2D eigenvalue weighted by molar-refractivity contribution is -0.111. The maximum Gasteiger partial charge on any atom is 0.248 e. The molecule has 2 N–H and O–H groups in total. The molecule has 1 atom stereocenters. The van der Waals surface area contributed by atoms with Gasteiger partial charge in [0.15, 0.2) is 5.69 Å². The van der Waals surface area contributed by atoms with E-state index in [0.29, 0.717) is 75.5 Å². The number of rotatable bonds is 11. The Kier molecular flexibility index (Phi) is 10.1. The van der Waals surface area contributed by atoms with Crippen molar-refractivity contribution in [2.45, 2.75) is 19.1 Å². The van der Waals surface area contributed by atoms with Gasteiger partial charge in [-0.05, 0) is 43.9 Å². The van der Waals surface area contributed by atoms with E-state index in [4.69, 9.17) is 32.4 Å². The second-order valence-electron chi connectivity index (χ2n) is 10.6. The lowest BCUT2D eigenvalue weighted by Gasteiger charge is -2.19. The van der Waals surface area contributed by atoms with Crippen LogP contribution in [0, 0.1) is 17.9 Å². The third kappa shape index (κ3) is 7.88. The summed E-state index contributed by atoms with van der Waals surface area (Å²) in [5.74, 6) is 0.593. The number of hydrogen-bond acceptors (Lipinski definition) is 8. The lowest BCUT2D eigenvalue weighted by atomic mass is 10.1. The molecule has 10 nitrogen and oxygen atoms in total. The zero-order chi connectivity index (χ0) is 31.8. The van der Waals surface area contributed by atoms with E-state index in [1.807, 2.05) is 31.1 Å². The minimum Gasteiger partial charge on any atom is -0.489 e. The maximum absolute atomic E-state index is 12.8. The molecule has 4 aromatic rings. The summed E-state index contributed by atoms with van der Waals surface area (Å²) in [7, 11) is 3.83. The van der Waals surface area contributed by atoms with Gasteiger partial charge in [0.05, 0.1) is 47.3 Å². The van der Waals surface area contributed by atoms with Crippen LogP contribution in [0.15, 0.2) is 72.9 Å². The average molecular weight is 623 g/mol. The molecular formula is C34H31ClN6O4. The summed E-state index contributed by atoms with van der Waals surface area (Å²) >= 11 is 6.59. The van der Waals surface area contributed by atoms with Gasteiger partial charge in [-0.25, -0.2) is 4.85 Å². The molecular weight excluding hydrogens is 592 g/mol. The van der Waals surface area contributed by atoms with Gasteiger partial charge in [0, 0.05) is 42.4 Å². The molecule has 1 aromatic heterocycles. The number of nitrogens with zero attached hydrogens (tertiary/aromatic N) is 4. The number of carbonyl (C=O) groups is 1. The Hall–Kier alpha value is -5.13. The number of halogens is 1. The molecule has 0 saturated carbocycles. The third-order valence-corrected chi connectivity index (χ3v) is 7.26. The number of anilines is 3. The molecule has 45 heavy (non-hydrogen) atoms. The van der Waals surface area contributed by atoms with Crippen LogP contribution in [0.2, 0.25) is 5.02 Å². The molecule has 0 unspecified atom stereocenters. The van der Waals surface area contributed by atoms with Crippen LogP contribution < -0.4 is 20.1 Å². The Labute approximate surface area is 266 Å². The molecule has 1 aliphatic heterocycles. The highest BCUT2D eigenvalue weighted by atomic mass is 35.5. The normalized spacial score (nSPS) is 14.3. The Morgan fingerprint density at radius 2 is 2.09 bits per heavy atom. The fourth-order valence-electron chi connectivity index (χ4n) is 4.70. The van der Waals surface area contributed by atoms with Crippen molar-refractivity contribution in [1.29, 1.82) is 5.26 Å². The summed E-state index contributed by atoms with van der Waals surface area (Å²) in [6.07, 6.45) is 5.31. The van der Waals surface area contributed by atoms with Crippen molar-refractivity contribution in [3.63, 3.8) is 0 Å². The molecule has 0 aliphatic carbocycles. The number of para-hydroxylation sites is 1. The van der Waals surface area contributed by atoms with E-state index >= 15 is 0 Å². The molecule has 1 saturated heterocycles. The molecule has 11 heteroatoms. The summed E-state index contributed by atoms with van der Waals surface area (Å²) < 4.78 is 17.6. The number of hydrogen-bond donors (Lipinski definition) is 2. The number of aromatic nitrogens is 1. The van der Waals surface area contributed by atoms with Crippen LogP contribution in [0.5, 0.6) is 11.5 Å². The first-order valence-corrected chi connectivity index (χ1v) is 14.6. The number of nitrogens with one attached hydrogen (secondary N) is 2. The van der Waals surface area contributed by atoms with Gasteiger partial charge in [0.25, 0.3) is 0 Å². The molecule has 0 spiro atoms. The van der Waals surface area contributed by atoms with Crippen LogP contribution in [-0.2, 0) is 16.1 Å². The summed E-state index contributed by atoms with van der Waals surface area (Å²) in [6, 6.07) is 18.1. The molecule has 1 fully saturated rings. The van der Waals surface area contributed by atoms with Gasteiger partial charge >= 0.3 is 0 Å². The highest BCUT2D eigenvalue weighted by Gasteiger charge is 2.21. The predicted molar refractivity (Wildman–Crippen MR) is 174 cm³/mol. The number of benzene rings is 3. The minimum atomic E-state index is -0.316. The summed E-state index contributed by atoms with van der Waals surface area (Å²) in [5.41, 5.74) is 3.69. The standard InChI is InChI=1S/C34H31ClN6O4/c1-37-28-8-5-4-7-22(28)20-44-31-11-10-24(15-27(31)35)39-34-23(18-36)19-38-29-17-32(45-25-12-14-43-21-25)30(16-26(29)34)40-33(42)9-6-13-41(2)3/h4-11,15-17,19,25H,12-14,20-21H2,2-3H3,(H,38,39)(H,40,42)/b9-6+/t25-/m0/s1. The van der Waals surface area contributed by atoms with Crippen molar-refractivity contribution >= 4 is 51.2 Å². The fraction of sp³-hybridized carbons (Fsp3) is 0.235. The van der Waals surface area contributed by atoms with Crippen molar-refractivity contribution in [1.82, 2.24) is 9.88 Å². The second-order valence-corrected chi connectivity index (χ2v) is 11.0. The average Bonchev–Trinajstić information content (AvgIpc) is 3.54. The Morgan fingerprint density at radius 3 is 2.82 bits per heavy atom.